The Hall–Kier alpha value is -1.73. The first-order valence-corrected chi connectivity index (χ1v) is 24.6. The van der Waals surface area contributed by atoms with E-state index in [0.29, 0.717) is 31.1 Å². The summed E-state index contributed by atoms with van der Waals surface area (Å²) in [5.74, 6) is 1.40. The Bertz CT molecular complexity index is 1070. The van der Waals surface area contributed by atoms with Crippen molar-refractivity contribution in [3.05, 3.63) is 48.1 Å². The second-order valence-corrected chi connectivity index (χ2v) is 16.4. The van der Waals surface area contributed by atoms with Gasteiger partial charge in [-0.3, -0.25) is 4.79 Å². The molecule has 1 amide bonds. The number of nitrogens with one attached hydrogen (secondary N) is 2. The van der Waals surface area contributed by atoms with Crippen LogP contribution >= 0.6 is 0 Å². The third-order valence-electron chi connectivity index (χ3n) is 10.9. The molecule has 59 heavy (non-hydrogen) atoms. The van der Waals surface area contributed by atoms with Gasteiger partial charge in [0.15, 0.2) is 11.5 Å². The molecular formula is C51H93Cl2N3O3-2. The highest BCUT2D eigenvalue weighted by Crippen LogP contribution is 2.29. The summed E-state index contributed by atoms with van der Waals surface area (Å²) >= 11 is 0. The predicted molar refractivity (Wildman–Crippen MR) is 249 cm³/mol. The molecule has 0 bridgehead atoms. The van der Waals surface area contributed by atoms with Gasteiger partial charge in [0.25, 0.3) is 5.91 Å². The molecule has 1 aromatic rings. The number of amides is 1. The monoisotopic (exact) mass is 866 g/mol. The lowest BCUT2D eigenvalue weighted by molar-refractivity contribution is -0.00100. The Labute approximate surface area is 378 Å². The van der Waals surface area contributed by atoms with Crippen LogP contribution in [0.5, 0.6) is 11.5 Å². The molecule has 0 aliphatic carbocycles. The van der Waals surface area contributed by atoms with Crippen LogP contribution in [0, 0.1) is 0 Å². The Morgan fingerprint density at radius 2 is 0.881 bits per heavy atom. The third-order valence-corrected chi connectivity index (χ3v) is 10.9. The summed E-state index contributed by atoms with van der Waals surface area (Å²) < 4.78 is 12.5. The molecule has 0 saturated heterocycles. The van der Waals surface area contributed by atoms with Crippen LogP contribution in [0.4, 0.5) is 0 Å². The maximum atomic E-state index is 13.0. The minimum absolute atomic E-state index is 0. The van der Waals surface area contributed by atoms with Crippen molar-refractivity contribution in [2.75, 3.05) is 39.4 Å². The fourth-order valence-electron chi connectivity index (χ4n) is 7.14. The third kappa shape index (κ3) is 40.1. The summed E-state index contributed by atoms with van der Waals surface area (Å²) in [5, 5.41) is 6.56. The van der Waals surface area contributed by atoms with Gasteiger partial charge >= 0.3 is 0 Å². The number of carbonyl (C=O) groups is 1. The van der Waals surface area contributed by atoms with Gasteiger partial charge in [-0.1, -0.05) is 154 Å². The average molecular weight is 867 g/mol. The van der Waals surface area contributed by atoms with Crippen LogP contribution in [0.3, 0.4) is 0 Å². The van der Waals surface area contributed by atoms with E-state index in [1.165, 1.54) is 167 Å². The van der Waals surface area contributed by atoms with Crippen molar-refractivity contribution in [3.63, 3.8) is 0 Å². The number of benzene rings is 1. The Morgan fingerprint density at radius 1 is 0.492 bits per heavy atom. The minimum Gasteiger partial charge on any atom is -1.00 e. The molecular weight excluding hydrogens is 773 g/mol. The van der Waals surface area contributed by atoms with Crippen LogP contribution < -0.4 is 50.7 Å². The molecule has 0 unspecified atom stereocenters. The van der Waals surface area contributed by atoms with Gasteiger partial charge in [-0.2, -0.15) is 0 Å². The van der Waals surface area contributed by atoms with Crippen LogP contribution in [0.15, 0.2) is 42.5 Å². The highest BCUT2D eigenvalue weighted by molar-refractivity contribution is 5.94. The lowest BCUT2D eigenvalue weighted by Gasteiger charge is -2.15. The van der Waals surface area contributed by atoms with Gasteiger partial charge in [-0.25, -0.2) is 0 Å². The van der Waals surface area contributed by atoms with Crippen LogP contribution in [-0.2, 0) is 0 Å². The lowest BCUT2D eigenvalue weighted by atomic mass is 10.1. The van der Waals surface area contributed by atoms with Crippen molar-refractivity contribution in [2.45, 2.75) is 219 Å². The van der Waals surface area contributed by atoms with Gasteiger partial charge in [0.05, 0.1) is 13.2 Å². The SMILES string of the molecule is CCCCCCCC/C=C\CCCCCCCCOc1ccc(C(=O)NCCCCNCCCCN)cc1OCCCCCCCC/C=C\CCCCCCCC.[Cl-].[Cl-]. The van der Waals surface area contributed by atoms with Crippen LogP contribution in [0.2, 0.25) is 0 Å². The minimum atomic E-state index is -0.0483. The molecule has 0 heterocycles. The Kier molecular flexibility index (Phi) is 49.2. The van der Waals surface area contributed by atoms with Crippen LogP contribution in [0.1, 0.15) is 230 Å². The predicted octanol–water partition coefficient (Wildman–Crippen LogP) is 8.37. The largest absolute Gasteiger partial charge is 1.00 e. The summed E-state index contributed by atoms with van der Waals surface area (Å²) in [7, 11) is 0. The maximum absolute atomic E-state index is 13.0. The van der Waals surface area contributed by atoms with E-state index < -0.39 is 0 Å². The summed E-state index contributed by atoms with van der Waals surface area (Å²) in [6.45, 7) is 9.29. The first-order valence-electron chi connectivity index (χ1n) is 24.6. The fourth-order valence-corrected chi connectivity index (χ4v) is 7.14. The number of unbranched alkanes of at least 4 members (excludes halogenated alkanes) is 26. The maximum Gasteiger partial charge on any atom is 0.251 e. The van der Waals surface area contributed by atoms with Gasteiger partial charge < -0.3 is 50.7 Å². The van der Waals surface area contributed by atoms with Gasteiger partial charge in [0, 0.05) is 12.1 Å². The van der Waals surface area contributed by atoms with E-state index in [9.17, 15) is 4.79 Å². The number of ether oxygens (including phenoxy) is 2. The zero-order valence-corrected chi connectivity index (χ0v) is 40.0. The molecule has 1 aromatic carbocycles. The van der Waals surface area contributed by atoms with Crippen LogP contribution in [0.25, 0.3) is 0 Å². The molecule has 0 aromatic heterocycles. The first-order chi connectivity index (χ1) is 28.2. The normalized spacial score (nSPS) is 11.2. The molecule has 4 N–H and O–H groups in total. The van der Waals surface area contributed by atoms with E-state index in [2.05, 4.69) is 48.8 Å². The zero-order valence-electron chi connectivity index (χ0n) is 38.5. The van der Waals surface area contributed by atoms with E-state index in [1.807, 2.05) is 18.2 Å². The summed E-state index contributed by atoms with van der Waals surface area (Å²) in [6, 6.07) is 5.69. The number of nitrogens with two attached hydrogens (primary N) is 1. The van der Waals surface area contributed by atoms with Gasteiger partial charge in [-0.05, 0) is 128 Å². The van der Waals surface area contributed by atoms with E-state index >= 15 is 0 Å². The Morgan fingerprint density at radius 3 is 1.34 bits per heavy atom. The Balaban J connectivity index is 0. The second-order valence-electron chi connectivity index (χ2n) is 16.4. The molecule has 0 aliphatic rings. The number of carbonyl (C=O) groups excluding carboxylic acids is 1. The smallest absolute Gasteiger partial charge is 0.251 e. The quantitative estimate of drug-likeness (QED) is 0.0454. The van der Waals surface area contributed by atoms with Gasteiger partial charge in [0.1, 0.15) is 0 Å². The first kappa shape index (κ1) is 59.4. The molecule has 0 atom stereocenters. The van der Waals surface area contributed by atoms with Crippen LogP contribution in [-0.4, -0.2) is 45.3 Å². The molecule has 0 saturated carbocycles. The second kappa shape index (κ2) is 48.9. The molecule has 8 heteroatoms. The summed E-state index contributed by atoms with van der Waals surface area (Å²) in [6.07, 6.45) is 50.0. The van der Waals surface area contributed by atoms with E-state index in [1.54, 1.807) is 0 Å². The van der Waals surface area contributed by atoms with E-state index in [0.717, 1.165) is 63.9 Å². The van der Waals surface area contributed by atoms with Crippen molar-refractivity contribution >= 4 is 5.91 Å². The molecule has 0 aliphatic heterocycles. The summed E-state index contributed by atoms with van der Waals surface area (Å²) in [4.78, 5) is 13.0. The van der Waals surface area contributed by atoms with Gasteiger partial charge in [-0.15, -0.1) is 0 Å². The molecule has 1 rings (SSSR count). The van der Waals surface area contributed by atoms with Crippen molar-refractivity contribution in [1.82, 2.24) is 10.6 Å². The van der Waals surface area contributed by atoms with E-state index in [4.69, 9.17) is 15.2 Å². The molecule has 0 radical (unpaired) electrons. The van der Waals surface area contributed by atoms with Crippen molar-refractivity contribution in [3.8, 4) is 11.5 Å². The average Bonchev–Trinajstić information content (AvgIpc) is 3.22. The zero-order chi connectivity index (χ0) is 41.0. The highest BCUT2D eigenvalue weighted by Gasteiger charge is 2.12. The highest BCUT2D eigenvalue weighted by atomic mass is 35.5. The van der Waals surface area contributed by atoms with Crippen molar-refractivity contribution in [2.24, 2.45) is 5.73 Å². The number of rotatable bonds is 44. The molecule has 346 valence electrons. The molecule has 0 spiro atoms. The number of halogens is 2. The summed E-state index contributed by atoms with van der Waals surface area (Å²) in [5.41, 5.74) is 6.21. The van der Waals surface area contributed by atoms with E-state index in [-0.39, 0.29) is 30.7 Å². The molecule has 0 fully saturated rings. The molecule has 6 nitrogen and oxygen atoms in total. The fraction of sp³-hybridized carbons (Fsp3) is 0.784. The number of allylic oxidation sites excluding steroid dienone is 4. The van der Waals surface area contributed by atoms with Crippen molar-refractivity contribution in [1.29, 1.82) is 0 Å². The van der Waals surface area contributed by atoms with Crippen molar-refractivity contribution < 1.29 is 39.1 Å². The standard InChI is InChI=1S/C51H93N3O3.2ClH/c1-3-5-7-9-11-13-15-17-19-21-23-25-27-29-31-37-45-56-49-40-39-48(51(55)54-44-36-35-43-53-42-34-33-41-52)47-50(49)57-46-38-32-30-28-26-24-22-20-18-16-14-12-10-8-6-4-2;;/h17-20,39-40,47,53H,3-16,21-38,41-46,52H2,1-2H3,(H,54,55);2*1H/p-2/b19-17-,20-18-;;. The lowest BCUT2D eigenvalue weighted by Crippen LogP contribution is -3.00. The number of hydrogen-bond donors (Lipinski definition) is 3. The van der Waals surface area contributed by atoms with Gasteiger partial charge in [0.2, 0.25) is 0 Å². The number of hydrogen-bond acceptors (Lipinski definition) is 5. The topological polar surface area (TPSA) is 85.6 Å².